The minimum Gasteiger partial charge on any atom is -0.366 e. The average molecular weight is 259 g/mol. The van der Waals surface area contributed by atoms with Crippen LogP contribution in [0, 0.1) is 5.92 Å². The van der Waals surface area contributed by atoms with E-state index in [0.29, 0.717) is 17.2 Å². The van der Waals surface area contributed by atoms with Crippen molar-refractivity contribution in [2.24, 2.45) is 11.7 Å². The minimum atomic E-state index is -0.487. The molecule has 5 heteroatoms. The van der Waals surface area contributed by atoms with Crippen molar-refractivity contribution in [1.29, 1.82) is 0 Å². The van der Waals surface area contributed by atoms with Crippen LogP contribution in [0.4, 0.5) is 10.5 Å². The van der Waals surface area contributed by atoms with Gasteiger partial charge in [0, 0.05) is 17.5 Å². The van der Waals surface area contributed by atoms with Crippen LogP contribution in [0.1, 0.15) is 30.1 Å². The third kappa shape index (κ3) is 3.84. The second-order valence-corrected chi connectivity index (χ2v) is 4.70. The molecular weight excluding hydrogens is 242 g/mol. The summed E-state index contributed by atoms with van der Waals surface area (Å²) in [5.74, 6) is 0.147. The molecule has 0 unspecified atom stereocenters. The van der Waals surface area contributed by atoms with Gasteiger partial charge < -0.3 is 16.4 Å². The van der Waals surface area contributed by atoms with E-state index in [0.717, 1.165) is 0 Å². The van der Waals surface area contributed by atoms with Gasteiger partial charge in [-0.2, -0.15) is 0 Å². The second kappa shape index (κ2) is 5.56. The van der Waals surface area contributed by atoms with Gasteiger partial charge in [0.1, 0.15) is 0 Å². The van der Waals surface area contributed by atoms with E-state index in [9.17, 15) is 9.59 Å². The van der Waals surface area contributed by atoms with Crippen LogP contribution in [0.3, 0.4) is 0 Å². The fraction of sp³-hybridized carbons (Fsp3) is 0.286. The highest BCUT2D eigenvalue weighted by Gasteiger charge is 2.22. The highest BCUT2D eigenvalue weighted by atomic mass is 16.2. The second-order valence-electron chi connectivity index (χ2n) is 4.70. The Morgan fingerprint density at radius 3 is 2.42 bits per heavy atom. The van der Waals surface area contributed by atoms with Crippen molar-refractivity contribution in [1.82, 2.24) is 5.32 Å². The Morgan fingerprint density at radius 2 is 1.89 bits per heavy atom. The number of carbonyl (C=O) groups excluding carboxylic acids is 2. The molecule has 1 aliphatic carbocycles. The Bertz CT molecular complexity index is 516. The summed E-state index contributed by atoms with van der Waals surface area (Å²) in [6.07, 6.45) is 4.16. The number of benzene rings is 1. The lowest BCUT2D eigenvalue weighted by molar-refractivity contribution is 0.100. The number of carbonyl (C=O) groups is 2. The lowest BCUT2D eigenvalue weighted by atomic mass is 10.2. The lowest BCUT2D eigenvalue weighted by Gasteiger charge is -2.06. The third-order valence-electron chi connectivity index (χ3n) is 3.08. The van der Waals surface area contributed by atoms with Crippen LogP contribution in [0.2, 0.25) is 0 Å². The smallest absolute Gasteiger partial charge is 0.323 e. The van der Waals surface area contributed by atoms with Crippen LogP contribution in [0.15, 0.2) is 36.0 Å². The van der Waals surface area contributed by atoms with Crippen molar-refractivity contribution in [3.05, 3.63) is 41.6 Å². The van der Waals surface area contributed by atoms with Gasteiger partial charge in [-0.05, 0) is 49.9 Å². The zero-order chi connectivity index (χ0) is 13.8. The van der Waals surface area contributed by atoms with Crippen molar-refractivity contribution in [2.75, 3.05) is 5.32 Å². The quantitative estimate of drug-likeness (QED) is 0.774. The van der Waals surface area contributed by atoms with E-state index < -0.39 is 5.91 Å². The number of hydrogen-bond acceptors (Lipinski definition) is 2. The lowest BCUT2D eigenvalue weighted by Crippen LogP contribution is -2.24. The van der Waals surface area contributed by atoms with E-state index in [1.165, 1.54) is 18.4 Å². The zero-order valence-electron chi connectivity index (χ0n) is 10.8. The molecule has 1 saturated carbocycles. The van der Waals surface area contributed by atoms with Crippen molar-refractivity contribution in [3.63, 3.8) is 0 Å². The van der Waals surface area contributed by atoms with E-state index >= 15 is 0 Å². The normalized spacial score (nSPS) is 14.9. The molecule has 0 spiro atoms. The summed E-state index contributed by atoms with van der Waals surface area (Å²) < 4.78 is 0. The number of allylic oxidation sites excluding steroid dienone is 1. The van der Waals surface area contributed by atoms with Crippen molar-refractivity contribution < 1.29 is 9.59 Å². The topological polar surface area (TPSA) is 84.2 Å². The predicted molar refractivity (Wildman–Crippen MR) is 73.6 cm³/mol. The third-order valence-corrected chi connectivity index (χ3v) is 3.08. The maximum Gasteiger partial charge on any atom is 0.323 e. The van der Waals surface area contributed by atoms with Gasteiger partial charge in [0.05, 0.1) is 0 Å². The van der Waals surface area contributed by atoms with Gasteiger partial charge in [-0.15, -0.1) is 0 Å². The summed E-state index contributed by atoms with van der Waals surface area (Å²) in [6, 6.07) is 6.12. The summed E-state index contributed by atoms with van der Waals surface area (Å²) in [6.45, 7) is 2.01. The molecule has 0 saturated heterocycles. The molecular formula is C14H17N3O2. The molecule has 0 aromatic heterocycles. The Balaban J connectivity index is 1.87. The Hall–Kier alpha value is -2.30. The van der Waals surface area contributed by atoms with Gasteiger partial charge in [-0.25, -0.2) is 4.79 Å². The first kappa shape index (κ1) is 13.1. The largest absolute Gasteiger partial charge is 0.366 e. The summed E-state index contributed by atoms with van der Waals surface area (Å²) in [7, 11) is 0. The maximum absolute atomic E-state index is 11.6. The van der Waals surface area contributed by atoms with Crippen molar-refractivity contribution >= 4 is 17.6 Å². The van der Waals surface area contributed by atoms with Crippen molar-refractivity contribution in [2.45, 2.75) is 19.8 Å². The van der Waals surface area contributed by atoms with Gasteiger partial charge in [-0.1, -0.05) is 5.57 Å². The fourth-order valence-electron chi connectivity index (χ4n) is 1.72. The monoisotopic (exact) mass is 259 g/mol. The van der Waals surface area contributed by atoms with Gasteiger partial charge >= 0.3 is 6.03 Å². The molecule has 0 atom stereocenters. The molecule has 1 aliphatic rings. The number of urea groups is 1. The first-order valence-corrected chi connectivity index (χ1v) is 6.20. The average Bonchev–Trinajstić information content (AvgIpc) is 3.21. The Labute approximate surface area is 111 Å². The molecule has 1 fully saturated rings. The first-order valence-electron chi connectivity index (χ1n) is 6.20. The molecule has 4 N–H and O–H groups in total. The van der Waals surface area contributed by atoms with Crippen LogP contribution >= 0.6 is 0 Å². The molecule has 5 nitrogen and oxygen atoms in total. The number of hydrogen-bond donors (Lipinski definition) is 3. The molecule has 1 aromatic carbocycles. The van der Waals surface area contributed by atoms with Crippen molar-refractivity contribution in [3.8, 4) is 0 Å². The highest BCUT2D eigenvalue weighted by Crippen LogP contribution is 2.35. The SMILES string of the molecule is C/C(=C\NC(=O)Nc1ccc(C(N)=O)cc1)C1CC1. The molecule has 0 bridgehead atoms. The highest BCUT2D eigenvalue weighted by molar-refractivity contribution is 5.94. The Morgan fingerprint density at radius 1 is 1.26 bits per heavy atom. The zero-order valence-corrected chi connectivity index (χ0v) is 10.8. The molecule has 3 amide bonds. The van der Waals surface area contributed by atoms with Gasteiger partial charge in [-0.3, -0.25) is 4.79 Å². The van der Waals surface area contributed by atoms with Crippen LogP contribution in [-0.2, 0) is 0 Å². The fourth-order valence-corrected chi connectivity index (χ4v) is 1.72. The molecule has 19 heavy (non-hydrogen) atoms. The van der Waals surface area contributed by atoms with Crippen LogP contribution in [0.25, 0.3) is 0 Å². The van der Waals surface area contributed by atoms with Crippen LogP contribution in [0.5, 0.6) is 0 Å². The van der Waals surface area contributed by atoms with Gasteiger partial charge in [0.2, 0.25) is 5.91 Å². The number of primary amides is 1. The van der Waals surface area contributed by atoms with Crippen LogP contribution < -0.4 is 16.4 Å². The molecule has 100 valence electrons. The molecule has 0 aliphatic heterocycles. The van der Waals surface area contributed by atoms with E-state index in [4.69, 9.17) is 5.73 Å². The predicted octanol–water partition coefficient (Wildman–Crippen LogP) is 2.22. The summed E-state index contributed by atoms with van der Waals surface area (Å²) in [5, 5.41) is 5.36. The molecule has 2 rings (SSSR count). The van der Waals surface area contributed by atoms with Crippen LogP contribution in [-0.4, -0.2) is 11.9 Å². The minimum absolute atomic E-state index is 0.299. The Kier molecular flexibility index (Phi) is 3.85. The summed E-state index contributed by atoms with van der Waals surface area (Å²) in [4.78, 5) is 22.5. The van der Waals surface area contributed by atoms with E-state index in [-0.39, 0.29) is 6.03 Å². The number of rotatable bonds is 4. The summed E-state index contributed by atoms with van der Waals surface area (Å²) >= 11 is 0. The van der Waals surface area contributed by atoms with E-state index in [1.807, 2.05) is 6.92 Å². The molecule has 0 heterocycles. The number of amides is 3. The number of nitrogens with one attached hydrogen (secondary N) is 2. The number of anilines is 1. The van der Waals surface area contributed by atoms with E-state index in [1.54, 1.807) is 30.5 Å². The summed E-state index contributed by atoms with van der Waals surface area (Å²) in [5.41, 5.74) is 7.35. The molecule has 0 radical (unpaired) electrons. The van der Waals surface area contributed by atoms with Gasteiger partial charge in [0.15, 0.2) is 0 Å². The first-order chi connectivity index (χ1) is 9.06. The number of nitrogens with two attached hydrogens (primary N) is 1. The standard InChI is InChI=1S/C14H17N3O2/c1-9(10-2-3-10)8-16-14(19)17-12-6-4-11(5-7-12)13(15)18/h4-8,10H,2-3H2,1H3,(H2,15,18)(H2,16,17,19)/b9-8+. The van der Waals surface area contributed by atoms with E-state index in [2.05, 4.69) is 10.6 Å². The maximum atomic E-state index is 11.6. The van der Waals surface area contributed by atoms with Gasteiger partial charge in [0.25, 0.3) is 0 Å². The molecule has 1 aromatic rings.